The highest BCUT2D eigenvalue weighted by Gasteiger charge is 1.95. The fraction of sp³-hybridized carbons (Fsp3) is 0. The molecule has 3 nitrogen and oxygen atoms in total. The molecule has 1 aromatic rings. The van der Waals surface area contributed by atoms with Gasteiger partial charge < -0.3 is 17.2 Å². The second-order valence-corrected chi connectivity index (χ2v) is 3.24. The zero-order chi connectivity index (χ0) is 10.6. The van der Waals surface area contributed by atoms with Gasteiger partial charge in [-0.15, -0.1) is 0 Å². The van der Waals surface area contributed by atoms with Gasteiger partial charge in [-0.05, 0) is 29.8 Å². The van der Waals surface area contributed by atoms with E-state index in [1.807, 2.05) is 12.1 Å². The Bertz CT molecular complexity index is 379. The Balaban J connectivity index is 2.95. The maximum Gasteiger partial charge on any atom is 0.0934 e. The summed E-state index contributed by atoms with van der Waals surface area (Å²) in [4.78, 5) is 0. The minimum absolute atomic E-state index is 0.218. The molecule has 4 heteroatoms. The summed E-state index contributed by atoms with van der Waals surface area (Å²) in [7, 11) is 0. The van der Waals surface area contributed by atoms with Crippen LogP contribution in [0.3, 0.4) is 0 Å². The molecule has 14 heavy (non-hydrogen) atoms. The first-order chi connectivity index (χ1) is 6.59. The third-order valence-electron chi connectivity index (χ3n) is 1.61. The normalized spacial score (nSPS) is 11.1. The third kappa shape index (κ3) is 3.03. The van der Waals surface area contributed by atoms with Gasteiger partial charge in [0.1, 0.15) is 0 Å². The Hall–Kier alpha value is -1.61. The number of benzene rings is 1. The predicted octanol–water partition coefficient (Wildman–Crippen LogP) is 1.40. The lowest BCUT2D eigenvalue weighted by atomic mass is 10.1. The molecule has 1 aromatic carbocycles. The second-order valence-electron chi connectivity index (χ2n) is 2.80. The van der Waals surface area contributed by atoms with E-state index in [1.165, 1.54) is 6.08 Å². The minimum atomic E-state index is 0.218. The molecule has 0 saturated heterocycles. The predicted molar refractivity (Wildman–Crippen MR) is 60.1 cm³/mol. The van der Waals surface area contributed by atoms with Crippen LogP contribution in [0.1, 0.15) is 5.56 Å². The van der Waals surface area contributed by atoms with Gasteiger partial charge in [-0.25, -0.2) is 0 Å². The lowest BCUT2D eigenvalue weighted by Crippen LogP contribution is -2.07. The van der Waals surface area contributed by atoms with Crippen molar-refractivity contribution in [2.75, 3.05) is 0 Å². The average molecular weight is 210 g/mol. The Labute approximate surface area is 87.8 Å². The Morgan fingerprint density at radius 1 is 1.14 bits per heavy atom. The van der Waals surface area contributed by atoms with E-state index < -0.39 is 0 Å². The lowest BCUT2D eigenvalue weighted by molar-refractivity contribution is 1.25. The van der Waals surface area contributed by atoms with Crippen molar-refractivity contribution >= 4 is 17.3 Å². The van der Waals surface area contributed by atoms with Crippen LogP contribution in [0.5, 0.6) is 0 Å². The number of halogens is 1. The van der Waals surface area contributed by atoms with Gasteiger partial charge in [0.05, 0.1) is 5.82 Å². The van der Waals surface area contributed by atoms with Crippen molar-refractivity contribution < 1.29 is 0 Å². The molecule has 0 radical (unpaired) electrons. The van der Waals surface area contributed by atoms with Gasteiger partial charge in [0.2, 0.25) is 0 Å². The van der Waals surface area contributed by atoms with Crippen LogP contribution in [-0.4, -0.2) is 0 Å². The molecule has 0 aliphatic rings. The summed E-state index contributed by atoms with van der Waals surface area (Å²) in [6, 6.07) is 7.24. The van der Waals surface area contributed by atoms with Crippen LogP contribution < -0.4 is 17.2 Å². The van der Waals surface area contributed by atoms with Gasteiger partial charge in [-0.2, -0.15) is 0 Å². The SMILES string of the molecule is NC(N)=C/C=C(\N)c1cccc(Cl)c1. The summed E-state index contributed by atoms with van der Waals surface area (Å²) in [6.07, 6.45) is 3.18. The van der Waals surface area contributed by atoms with Gasteiger partial charge >= 0.3 is 0 Å². The quantitative estimate of drug-likeness (QED) is 0.645. The summed E-state index contributed by atoms with van der Waals surface area (Å²) < 4.78 is 0. The Kier molecular flexibility index (Phi) is 3.42. The number of nitrogens with two attached hydrogens (primary N) is 3. The molecule has 0 heterocycles. The molecule has 0 aliphatic heterocycles. The van der Waals surface area contributed by atoms with Crippen molar-refractivity contribution in [3.8, 4) is 0 Å². The summed E-state index contributed by atoms with van der Waals surface area (Å²) in [6.45, 7) is 0. The van der Waals surface area contributed by atoms with Crippen molar-refractivity contribution in [2.45, 2.75) is 0 Å². The van der Waals surface area contributed by atoms with Crippen molar-refractivity contribution in [1.82, 2.24) is 0 Å². The van der Waals surface area contributed by atoms with E-state index in [-0.39, 0.29) is 5.82 Å². The maximum absolute atomic E-state index is 5.80. The minimum Gasteiger partial charge on any atom is -0.398 e. The van der Waals surface area contributed by atoms with E-state index in [1.54, 1.807) is 18.2 Å². The summed E-state index contributed by atoms with van der Waals surface area (Å²) in [5.74, 6) is 0.218. The molecule has 0 fully saturated rings. The molecule has 0 aliphatic carbocycles. The van der Waals surface area contributed by atoms with Crippen molar-refractivity contribution in [3.63, 3.8) is 0 Å². The van der Waals surface area contributed by atoms with E-state index >= 15 is 0 Å². The Morgan fingerprint density at radius 3 is 2.43 bits per heavy atom. The smallest absolute Gasteiger partial charge is 0.0934 e. The van der Waals surface area contributed by atoms with Gasteiger partial charge in [0.25, 0.3) is 0 Å². The van der Waals surface area contributed by atoms with Crippen LogP contribution >= 0.6 is 11.6 Å². The number of hydrogen-bond donors (Lipinski definition) is 3. The van der Waals surface area contributed by atoms with E-state index in [0.29, 0.717) is 10.7 Å². The zero-order valence-corrected chi connectivity index (χ0v) is 8.33. The summed E-state index contributed by atoms with van der Waals surface area (Å²) in [5, 5.41) is 0.642. The average Bonchev–Trinajstić information content (AvgIpc) is 2.14. The number of allylic oxidation sites excluding steroid dienone is 2. The molecule has 74 valence electrons. The molecule has 6 N–H and O–H groups in total. The highest BCUT2D eigenvalue weighted by Crippen LogP contribution is 2.15. The number of rotatable bonds is 2. The molecular formula is C10H12ClN3. The van der Waals surface area contributed by atoms with Crippen LogP contribution in [0.15, 0.2) is 42.2 Å². The first-order valence-electron chi connectivity index (χ1n) is 4.04. The standard InChI is InChI=1S/C10H12ClN3/c11-8-3-1-2-7(6-8)9(12)4-5-10(13)14/h1-6H,12-14H2/b9-4-. The van der Waals surface area contributed by atoms with Gasteiger partial charge in [-0.3, -0.25) is 0 Å². The number of hydrogen-bond acceptors (Lipinski definition) is 3. The fourth-order valence-corrected chi connectivity index (χ4v) is 1.14. The monoisotopic (exact) mass is 209 g/mol. The molecule has 0 atom stereocenters. The summed E-state index contributed by atoms with van der Waals surface area (Å²) in [5.41, 5.74) is 17.7. The molecular weight excluding hydrogens is 198 g/mol. The topological polar surface area (TPSA) is 78.1 Å². The molecule has 0 saturated carbocycles. The third-order valence-corrected chi connectivity index (χ3v) is 1.85. The van der Waals surface area contributed by atoms with E-state index in [0.717, 1.165) is 5.56 Å². The molecule has 0 aromatic heterocycles. The van der Waals surface area contributed by atoms with Gasteiger partial charge in [0, 0.05) is 10.7 Å². The van der Waals surface area contributed by atoms with Crippen LogP contribution in [0.2, 0.25) is 5.02 Å². The van der Waals surface area contributed by atoms with Crippen LogP contribution in [0, 0.1) is 0 Å². The van der Waals surface area contributed by atoms with E-state index in [2.05, 4.69) is 0 Å². The first kappa shape index (κ1) is 10.5. The van der Waals surface area contributed by atoms with Crippen molar-refractivity contribution in [3.05, 3.63) is 52.8 Å². The molecule has 0 unspecified atom stereocenters. The van der Waals surface area contributed by atoms with Crippen LogP contribution in [-0.2, 0) is 0 Å². The molecule has 0 spiro atoms. The zero-order valence-electron chi connectivity index (χ0n) is 7.57. The second kappa shape index (κ2) is 4.58. The van der Waals surface area contributed by atoms with Crippen LogP contribution in [0.4, 0.5) is 0 Å². The maximum atomic E-state index is 5.80. The Morgan fingerprint density at radius 2 is 1.86 bits per heavy atom. The van der Waals surface area contributed by atoms with E-state index in [4.69, 9.17) is 28.8 Å². The first-order valence-corrected chi connectivity index (χ1v) is 4.42. The highest BCUT2D eigenvalue weighted by molar-refractivity contribution is 6.30. The highest BCUT2D eigenvalue weighted by atomic mass is 35.5. The molecule has 1 rings (SSSR count). The summed E-state index contributed by atoms with van der Waals surface area (Å²) >= 11 is 5.80. The van der Waals surface area contributed by atoms with Crippen LogP contribution in [0.25, 0.3) is 5.70 Å². The van der Waals surface area contributed by atoms with Crippen molar-refractivity contribution in [2.24, 2.45) is 17.2 Å². The van der Waals surface area contributed by atoms with Gasteiger partial charge in [0.15, 0.2) is 0 Å². The van der Waals surface area contributed by atoms with Crippen molar-refractivity contribution in [1.29, 1.82) is 0 Å². The fourth-order valence-electron chi connectivity index (χ4n) is 0.950. The molecule has 0 bridgehead atoms. The largest absolute Gasteiger partial charge is 0.398 e. The van der Waals surface area contributed by atoms with E-state index in [9.17, 15) is 0 Å². The molecule has 0 amide bonds. The van der Waals surface area contributed by atoms with Gasteiger partial charge in [-0.1, -0.05) is 23.7 Å². The lowest BCUT2D eigenvalue weighted by Gasteiger charge is -2.00.